The predicted octanol–water partition coefficient (Wildman–Crippen LogP) is 5.47. The Bertz CT molecular complexity index is 1110. The maximum absolute atomic E-state index is 13.0. The maximum atomic E-state index is 13.0. The van der Waals surface area contributed by atoms with Crippen molar-refractivity contribution in [3.8, 4) is 28.1 Å². The summed E-state index contributed by atoms with van der Waals surface area (Å²) in [7, 11) is 0. The Kier molecular flexibility index (Phi) is 5.48. The number of esters is 1. The van der Waals surface area contributed by atoms with Gasteiger partial charge >= 0.3 is 5.97 Å². The van der Waals surface area contributed by atoms with Gasteiger partial charge < -0.3 is 4.74 Å². The molecule has 0 aliphatic carbocycles. The van der Waals surface area contributed by atoms with Crippen molar-refractivity contribution in [1.29, 1.82) is 0 Å². The third-order valence-electron chi connectivity index (χ3n) is 4.74. The topological polar surface area (TPSA) is 30.2 Å². The Hall–Kier alpha value is -3.72. The molecule has 0 saturated carbocycles. The minimum atomic E-state index is -0.341. The number of hydrogen-bond acceptors (Lipinski definition) is 2. The van der Waals surface area contributed by atoms with Crippen LogP contribution in [0.3, 0.4) is 0 Å². The standard InChI is InChI=1S/C26H22NO2/c1-2-29-26(28)25-19-22(20-12-6-3-7-13-20)18-24(21-14-8-4-9-15-21)27(25)23-16-10-5-11-17-23/h3-19H,2H2,1H3/q+1. The van der Waals surface area contributed by atoms with Gasteiger partial charge in [-0.1, -0.05) is 66.7 Å². The number of aromatic nitrogens is 1. The first-order valence-electron chi connectivity index (χ1n) is 9.71. The van der Waals surface area contributed by atoms with E-state index in [1.54, 1.807) is 0 Å². The van der Waals surface area contributed by atoms with Crippen molar-refractivity contribution in [2.24, 2.45) is 0 Å². The van der Waals surface area contributed by atoms with Crippen molar-refractivity contribution in [1.82, 2.24) is 0 Å². The highest BCUT2D eigenvalue weighted by Crippen LogP contribution is 2.26. The van der Waals surface area contributed by atoms with Crippen LogP contribution in [0.15, 0.2) is 103 Å². The van der Waals surface area contributed by atoms with Crippen molar-refractivity contribution in [3.05, 3.63) is 109 Å². The average Bonchev–Trinajstić information content (AvgIpc) is 2.80. The van der Waals surface area contributed by atoms with Crippen molar-refractivity contribution in [3.63, 3.8) is 0 Å². The molecule has 0 bridgehead atoms. The van der Waals surface area contributed by atoms with E-state index in [0.29, 0.717) is 12.3 Å². The van der Waals surface area contributed by atoms with Crippen molar-refractivity contribution < 1.29 is 14.1 Å². The van der Waals surface area contributed by atoms with Crippen LogP contribution in [0.25, 0.3) is 28.1 Å². The molecule has 3 heteroatoms. The third kappa shape index (κ3) is 3.94. The fourth-order valence-electron chi connectivity index (χ4n) is 3.42. The first-order valence-corrected chi connectivity index (χ1v) is 9.71. The average molecular weight is 380 g/mol. The minimum absolute atomic E-state index is 0.323. The second kappa shape index (κ2) is 8.53. The van der Waals surface area contributed by atoms with Gasteiger partial charge in [0.2, 0.25) is 11.4 Å². The molecule has 1 aromatic heterocycles. The van der Waals surface area contributed by atoms with Gasteiger partial charge in [0.05, 0.1) is 6.61 Å². The molecule has 1 heterocycles. The molecule has 0 spiro atoms. The summed E-state index contributed by atoms with van der Waals surface area (Å²) in [6.07, 6.45) is 0. The van der Waals surface area contributed by atoms with Gasteiger partial charge in [0.15, 0.2) is 0 Å². The second-order valence-corrected chi connectivity index (χ2v) is 6.64. The van der Waals surface area contributed by atoms with Gasteiger partial charge in [-0.2, -0.15) is 0 Å². The molecule has 0 unspecified atom stereocenters. The van der Waals surface area contributed by atoms with Crippen molar-refractivity contribution >= 4 is 5.97 Å². The van der Waals surface area contributed by atoms with Crippen LogP contribution in [0.5, 0.6) is 0 Å². The van der Waals surface area contributed by atoms with Gasteiger partial charge in [0.25, 0.3) is 5.69 Å². The summed E-state index contributed by atoms with van der Waals surface area (Å²) in [6.45, 7) is 2.15. The fraction of sp³-hybridized carbons (Fsp3) is 0.0769. The van der Waals surface area contributed by atoms with E-state index in [1.807, 2.05) is 96.4 Å². The fourth-order valence-corrected chi connectivity index (χ4v) is 3.42. The smallest absolute Gasteiger partial charge is 0.404 e. The Morgan fingerprint density at radius 2 is 1.28 bits per heavy atom. The minimum Gasteiger partial charge on any atom is -0.458 e. The second-order valence-electron chi connectivity index (χ2n) is 6.64. The molecule has 0 radical (unpaired) electrons. The molecule has 29 heavy (non-hydrogen) atoms. The van der Waals surface area contributed by atoms with E-state index in [-0.39, 0.29) is 5.97 Å². The van der Waals surface area contributed by atoms with E-state index in [1.165, 1.54) is 0 Å². The van der Waals surface area contributed by atoms with Crippen molar-refractivity contribution in [2.45, 2.75) is 6.92 Å². The SMILES string of the molecule is CCOC(=O)c1cc(-c2ccccc2)cc(-c2ccccc2)[n+]1-c1ccccc1. The summed E-state index contributed by atoms with van der Waals surface area (Å²) in [5, 5.41) is 0. The molecule has 3 aromatic carbocycles. The van der Waals surface area contributed by atoms with E-state index in [9.17, 15) is 4.79 Å². The van der Waals surface area contributed by atoms with E-state index in [2.05, 4.69) is 18.2 Å². The molecule has 0 saturated heterocycles. The number of carbonyl (C=O) groups is 1. The van der Waals surface area contributed by atoms with Gasteiger partial charge in [0.1, 0.15) is 0 Å². The number of nitrogens with zero attached hydrogens (tertiary/aromatic N) is 1. The molecular weight excluding hydrogens is 358 g/mol. The number of para-hydroxylation sites is 1. The van der Waals surface area contributed by atoms with Crippen LogP contribution in [0.2, 0.25) is 0 Å². The lowest BCUT2D eigenvalue weighted by atomic mass is 10.0. The molecule has 0 aliphatic heterocycles. The van der Waals surface area contributed by atoms with Crippen LogP contribution in [0.4, 0.5) is 0 Å². The monoisotopic (exact) mass is 380 g/mol. The summed E-state index contributed by atoms with van der Waals surface area (Å²) >= 11 is 0. The van der Waals surface area contributed by atoms with Crippen LogP contribution in [-0.4, -0.2) is 12.6 Å². The molecule has 0 atom stereocenters. The first kappa shape index (κ1) is 18.6. The highest BCUT2D eigenvalue weighted by Gasteiger charge is 2.29. The zero-order chi connectivity index (χ0) is 20.1. The van der Waals surface area contributed by atoms with E-state index in [4.69, 9.17) is 4.74 Å². The van der Waals surface area contributed by atoms with E-state index >= 15 is 0 Å². The lowest BCUT2D eigenvalue weighted by Gasteiger charge is -2.11. The van der Waals surface area contributed by atoms with Crippen molar-refractivity contribution in [2.75, 3.05) is 6.61 Å². The maximum Gasteiger partial charge on any atom is 0.404 e. The van der Waals surface area contributed by atoms with Gasteiger partial charge in [-0.3, -0.25) is 0 Å². The number of carbonyl (C=O) groups excluding carboxylic acids is 1. The largest absolute Gasteiger partial charge is 0.458 e. The quantitative estimate of drug-likeness (QED) is 0.339. The Balaban J connectivity index is 2.05. The molecule has 4 rings (SSSR count). The number of hydrogen-bond donors (Lipinski definition) is 0. The van der Waals surface area contributed by atoms with E-state index in [0.717, 1.165) is 28.1 Å². The van der Waals surface area contributed by atoms with Crippen LogP contribution >= 0.6 is 0 Å². The van der Waals surface area contributed by atoms with Gasteiger partial charge in [-0.15, -0.1) is 4.57 Å². The summed E-state index contributed by atoms with van der Waals surface area (Å²) in [4.78, 5) is 13.0. The third-order valence-corrected chi connectivity index (χ3v) is 4.74. The Morgan fingerprint density at radius 1 is 0.724 bits per heavy atom. The molecule has 4 aromatic rings. The molecule has 0 aliphatic rings. The number of ether oxygens (including phenoxy) is 1. The summed E-state index contributed by atoms with van der Waals surface area (Å²) in [5.74, 6) is -0.341. The normalized spacial score (nSPS) is 10.5. The lowest BCUT2D eigenvalue weighted by molar-refractivity contribution is -0.587. The van der Waals surface area contributed by atoms with Crippen LogP contribution in [-0.2, 0) is 4.74 Å². The molecule has 3 nitrogen and oxygen atoms in total. The highest BCUT2D eigenvalue weighted by molar-refractivity contribution is 5.88. The molecule has 0 fully saturated rings. The molecule has 142 valence electrons. The van der Waals surface area contributed by atoms with Crippen LogP contribution in [0, 0.1) is 0 Å². The highest BCUT2D eigenvalue weighted by atomic mass is 16.5. The van der Waals surface area contributed by atoms with Gasteiger partial charge in [-0.05, 0) is 30.2 Å². The first-order chi connectivity index (χ1) is 14.3. The molecule has 0 N–H and O–H groups in total. The van der Waals surface area contributed by atoms with Crippen LogP contribution < -0.4 is 4.57 Å². The summed E-state index contributed by atoms with van der Waals surface area (Å²) in [6, 6.07) is 34.1. The molecule has 0 amide bonds. The van der Waals surface area contributed by atoms with Crippen LogP contribution in [0.1, 0.15) is 17.4 Å². The Labute approximate surface area is 170 Å². The predicted molar refractivity (Wildman–Crippen MR) is 115 cm³/mol. The van der Waals surface area contributed by atoms with E-state index < -0.39 is 0 Å². The Morgan fingerprint density at radius 3 is 1.86 bits per heavy atom. The zero-order valence-corrected chi connectivity index (χ0v) is 16.3. The summed E-state index contributed by atoms with van der Waals surface area (Å²) in [5.41, 5.74) is 5.39. The van der Waals surface area contributed by atoms with Gasteiger partial charge in [-0.25, -0.2) is 4.79 Å². The molecular formula is C26H22NO2+. The summed E-state index contributed by atoms with van der Waals surface area (Å²) < 4.78 is 7.38. The number of benzene rings is 3. The zero-order valence-electron chi connectivity index (χ0n) is 16.3. The lowest BCUT2D eigenvalue weighted by Crippen LogP contribution is -2.41. The number of rotatable bonds is 5. The van der Waals surface area contributed by atoms with Gasteiger partial charge in [0, 0.05) is 29.8 Å². The number of pyridine rings is 1.